The number of halogens is 1. The molecule has 0 bridgehead atoms. The number of carboxylic acid groups (broad SMARTS) is 1. The van der Waals surface area contributed by atoms with E-state index in [1.54, 1.807) is 12.1 Å². The van der Waals surface area contributed by atoms with Gasteiger partial charge in [-0.2, -0.15) is 0 Å². The van der Waals surface area contributed by atoms with Crippen LogP contribution in [-0.4, -0.2) is 27.6 Å². The summed E-state index contributed by atoms with van der Waals surface area (Å²) < 4.78 is 13.0. The number of benzene rings is 1. The maximum absolute atomic E-state index is 13.0. The van der Waals surface area contributed by atoms with E-state index in [4.69, 9.17) is 0 Å². The van der Waals surface area contributed by atoms with E-state index in [1.165, 1.54) is 23.9 Å². The van der Waals surface area contributed by atoms with Crippen molar-refractivity contribution in [2.24, 2.45) is 0 Å². The second-order valence-electron chi connectivity index (χ2n) is 5.86. The summed E-state index contributed by atoms with van der Waals surface area (Å²) in [4.78, 5) is 23.6. The van der Waals surface area contributed by atoms with Crippen LogP contribution in [0, 0.1) is 5.82 Å². The predicted octanol–water partition coefficient (Wildman–Crippen LogP) is 2.88. The van der Waals surface area contributed by atoms with Gasteiger partial charge in [0, 0.05) is 5.57 Å². The van der Waals surface area contributed by atoms with Crippen LogP contribution in [0.4, 0.5) is 4.39 Å². The van der Waals surface area contributed by atoms with Crippen molar-refractivity contribution in [1.82, 2.24) is 5.32 Å². The zero-order chi connectivity index (χ0) is 16.4. The summed E-state index contributed by atoms with van der Waals surface area (Å²) in [6.07, 6.45) is 4.00. The zero-order valence-electron chi connectivity index (χ0n) is 12.5. The van der Waals surface area contributed by atoms with Crippen LogP contribution in [0.3, 0.4) is 0 Å². The van der Waals surface area contributed by atoms with Crippen molar-refractivity contribution in [3.63, 3.8) is 0 Å². The normalized spacial score (nSPS) is 21.8. The third-order valence-electron chi connectivity index (χ3n) is 4.27. The number of rotatable bonds is 5. The molecule has 3 rings (SSSR count). The molecule has 1 aliphatic carbocycles. The Labute approximate surface area is 138 Å². The van der Waals surface area contributed by atoms with E-state index >= 15 is 0 Å². The van der Waals surface area contributed by atoms with E-state index < -0.39 is 11.2 Å². The summed E-state index contributed by atoms with van der Waals surface area (Å²) in [5.41, 5.74) is 2.68. The minimum Gasteiger partial charge on any atom is -0.480 e. The molecule has 1 heterocycles. The number of aliphatic carboxylic acids is 1. The Balaban J connectivity index is 1.73. The fourth-order valence-electron chi connectivity index (χ4n) is 3.08. The largest absolute Gasteiger partial charge is 0.480 e. The highest BCUT2D eigenvalue weighted by Crippen LogP contribution is 2.37. The number of amides is 1. The Bertz CT molecular complexity index is 656. The van der Waals surface area contributed by atoms with Crippen molar-refractivity contribution < 1.29 is 19.1 Å². The monoisotopic (exact) mass is 335 g/mol. The van der Waals surface area contributed by atoms with Gasteiger partial charge < -0.3 is 10.4 Å². The van der Waals surface area contributed by atoms with Crippen LogP contribution >= 0.6 is 11.8 Å². The number of carboxylic acids is 1. The minimum absolute atomic E-state index is 0.0527. The summed E-state index contributed by atoms with van der Waals surface area (Å²) in [5.74, 6) is -1.31. The fraction of sp³-hybridized carbons (Fsp3) is 0.412. The molecule has 1 aromatic rings. The fourth-order valence-corrected chi connectivity index (χ4v) is 4.41. The lowest BCUT2D eigenvalue weighted by molar-refractivity contribution is -0.136. The van der Waals surface area contributed by atoms with Crippen molar-refractivity contribution in [3.8, 4) is 0 Å². The highest BCUT2D eigenvalue weighted by Gasteiger charge is 2.36. The predicted molar refractivity (Wildman–Crippen MR) is 86.5 cm³/mol. The summed E-state index contributed by atoms with van der Waals surface area (Å²) in [6.45, 7) is 0. The van der Waals surface area contributed by atoms with Crippen molar-refractivity contribution in [2.45, 2.75) is 42.7 Å². The van der Waals surface area contributed by atoms with E-state index in [-0.39, 0.29) is 17.1 Å². The molecule has 1 aromatic carbocycles. The number of thioether (sulfide) groups is 1. The number of hydrogen-bond acceptors (Lipinski definition) is 3. The zero-order valence-corrected chi connectivity index (χ0v) is 13.4. The van der Waals surface area contributed by atoms with Gasteiger partial charge in [0.15, 0.2) is 0 Å². The summed E-state index contributed by atoms with van der Waals surface area (Å²) >= 11 is 1.27. The second kappa shape index (κ2) is 6.74. The number of hydrogen-bond donors (Lipinski definition) is 2. The van der Waals surface area contributed by atoms with Crippen LogP contribution in [0.15, 0.2) is 35.4 Å². The molecule has 4 nitrogen and oxygen atoms in total. The van der Waals surface area contributed by atoms with Gasteiger partial charge >= 0.3 is 5.97 Å². The Morgan fingerprint density at radius 1 is 1.30 bits per heavy atom. The van der Waals surface area contributed by atoms with E-state index in [2.05, 4.69) is 5.32 Å². The average molecular weight is 335 g/mol. The smallest absolute Gasteiger partial charge is 0.317 e. The molecule has 0 aromatic heterocycles. The van der Waals surface area contributed by atoms with Crippen LogP contribution in [-0.2, 0) is 16.0 Å². The maximum atomic E-state index is 13.0. The van der Waals surface area contributed by atoms with Crippen LogP contribution in [0.5, 0.6) is 0 Å². The van der Waals surface area contributed by atoms with E-state index in [0.717, 1.165) is 42.4 Å². The Kier molecular flexibility index (Phi) is 4.71. The number of nitrogens with one attached hydrogen (secondary N) is 1. The third kappa shape index (κ3) is 3.58. The Hall–Kier alpha value is -1.82. The first-order valence-electron chi connectivity index (χ1n) is 7.70. The van der Waals surface area contributed by atoms with E-state index in [0.29, 0.717) is 6.42 Å². The molecule has 0 radical (unpaired) electrons. The lowest BCUT2D eigenvalue weighted by atomic mass is 9.94. The molecule has 2 unspecified atom stereocenters. The summed E-state index contributed by atoms with van der Waals surface area (Å²) in [6, 6.07) is 5.87. The van der Waals surface area contributed by atoms with Gasteiger partial charge in [-0.3, -0.25) is 9.59 Å². The van der Waals surface area contributed by atoms with Gasteiger partial charge in [0.2, 0.25) is 5.91 Å². The molecule has 1 aliphatic heterocycles. The van der Waals surface area contributed by atoms with Crippen LogP contribution in [0.1, 0.15) is 31.2 Å². The Morgan fingerprint density at radius 3 is 2.70 bits per heavy atom. The van der Waals surface area contributed by atoms with E-state index in [9.17, 15) is 19.1 Å². The first kappa shape index (κ1) is 16.1. The van der Waals surface area contributed by atoms with Gasteiger partial charge in [-0.1, -0.05) is 12.1 Å². The van der Waals surface area contributed by atoms with Gasteiger partial charge in [0.25, 0.3) is 0 Å². The number of carbonyl (C=O) groups excluding carboxylic acids is 1. The molecule has 6 heteroatoms. The first-order chi connectivity index (χ1) is 11.0. The molecule has 23 heavy (non-hydrogen) atoms. The standard InChI is InChI=1S/C17H18FNO3S/c18-11-7-5-10(6-8-11)9-14(17(21)22)23-16-13-4-2-1-3-12(13)15(20)19-16/h5-8,14,16H,1-4,9H2,(H,19,20)(H,21,22). The lowest BCUT2D eigenvalue weighted by Crippen LogP contribution is -2.31. The van der Waals surface area contributed by atoms with E-state index in [1.807, 2.05) is 0 Å². The minimum atomic E-state index is -0.918. The van der Waals surface area contributed by atoms with Crippen LogP contribution < -0.4 is 5.32 Å². The first-order valence-corrected chi connectivity index (χ1v) is 8.64. The van der Waals surface area contributed by atoms with Crippen molar-refractivity contribution >= 4 is 23.6 Å². The highest BCUT2D eigenvalue weighted by molar-refractivity contribution is 8.01. The maximum Gasteiger partial charge on any atom is 0.317 e. The van der Waals surface area contributed by atoms with Crippen molar-refractivity contribution in [1.29, 1.82) is 0 Å². The molecule has 2 aliphatic rings. The molecule has 0 fully saturated rings. The van der Waals surface area contributed by atoms with Gasteiger partial charge in [-0.25, -0.2) is 4.39 Å². The molecular formula is C17H18FNO3S. The molecule has 2 atom stereocenters. The molecule has 122 valence electrons. The Morgan fingerprint density at radius 2 is 2.00 bits per heavy atom. The number of carbonyl (C=O) groups is 2. The second-order valence-corrected chi connectivity index (χ2v) is 7.17. The van der Waals surface area contributed by atoms with Crippen LogP contribution in [0.2, 0.25) is 0 Å². The van der Waals surface area contributed by atoms with Crippen molar-refractivity contribution in [3.05, 3.63) is 46.8 Å². The molecule has 0 saturated heterocycles. The van der Waals surface area contributed by atoms with Gasteiger partial charge in [-0.05, 0) is 55.4 Å². The third-order valence-corrected chi connectivity index (χ3v) is 5.64. The SMILES string of the molecule is O=C1NC(SC(Cc2ccc(F)cc2)C(=O)O)C2=C1CCCC2. The molecule has 2 N–H and O–H groups in total. The molecule has 0 spiro atoms. The summed E-state index contributed by atoms with van der Waals surface area (Å²) in [7, 11) is 0. The average Bonchev–Trinajstić information content (AvgIpc) is 2.85. The topological polar surface area (TPSA) is 66.4 Å². The molecular weight excluding hydrogens is 317 g/mol. The summed E-state index contributed by atoms with van der Waals surface area (Å²) in [5, 5.41) is 11.5. The van der Waals surface area contributed by atoms with Crippen LogP contribution in [0.25, 0.3) is 0 Å². The molecule has 1 amide bonds. The highest BCUT2D eigenvalue weighted by atomic mass is 32.2. The van der Waals surface area contributed by atoms with Gasteiger partial charge in [0.1, 0.15) is 11.1 Å². The molecule has 0 saturated carbocycles. The lowest BCUT2D eigenvalue weighted by Gasteiger charge is -2.21. The van der Waals surface area contributed by atoms with Crippen molar-refractivity contribution in [2.75, 3.05) is 0 Å². The quantitative estimate of drug-likeness (QED) is 0.868. The van der Waals surface area contributed by atoms with Gasteiger partial charge in [-0.15, -0.1) is 11.8 Å². The van der Waals surface area contributed by atoms with Gasteiger partial charge in [0.05, 0.1) is 5.37 Å².